The maximum Gasteiger partial charge on any atom is 0.167 e. The molecule has 0 aliphatic carbocycles. The van der Waals surface area contributed by atoms with E-state index in [1.54, 1.807) is 24.3 Å². The molecule has 3 aromatic carbocycles. The van der Waals surface area contributed by atoms with E-state index in [0.29, 0.717) is 12.2 Å². The summed E-state index contributed by atoms with van der Waals surface area (Å²) in [5, 5.41) is 0. The van der Waals surface area contributed by atoms with Crippen molar-refractivity contribution >= 4 is 6.08 Å². The Balaban J connectivity index is 1.56. The van der Waals surface area contributed by atoms with Crippen LogP contribution in [0, 0.1) is 11.6 Å². The smallest absolute Gasteiger partial charge is 0.167 e. The lowest BCUT2D eigenvalue weighted by Crippen LogP contribution is -2.08. The third-order valence-corrected chi connectivity index (χ3v) is 6.29. The molecule has 0 aromatic heterocycles. The van der Waals surface area contributed by atoms with E-state index >= 15 is 0 Å². The van der Waals surface area contributed by atoms with Crippen LogP contribution in [0.25, 0.3) is 28.3 Å². The van der Waals surface area contributed by atoms with Crippen LogP contribution in [0.5, 0.6) is 5.75 Å². The van der Waals surface area contributed by atoms with E-state index in [1.807, 2.05) is 54.6 Å². The first-order chi connectivity index (χ1) is 18.0. The van der Waals surface area contributed by atoms with Gasteiger partial charge in [0, 0.05) is 17.7 Å². The Morgan fingerprint density at radius 1 is 0.838 bits per heavy atom. The Bertz CT molecular complexity index is 1130. The molecule has 2 nitrogen and oxygen atoms in total. The largest absolute Gasteiger partial charge is 0.490 e. The maximum atomic E-state index is 14.9. The minimum absolute atomic E-state index is 0.223. The van der Waals surface area contributed by atoms with Crippen molar-refractivity contribution in [3.63, 3.8) is 0 Å². The van der Waals surface area contributed by atoms with Gasteiger partial charge in [-0.1, -0.05) is 93.1 Å². The Labute approximate surface area is 220 Å². The Morgan fingerprint density at radius 3 is 2.19 bits per heavy atom. The van der Waals surface area contributed by atoms with Gasteiger partial charge >= 0.3 is 0 Å². The van der Waals surface area contributed by atoms with Crippen molar-refractivity contribution in [2.24, 2.45) is 0 Å². The number of ether oxygens (including phenoxy) is 2. The van der Waals surface area contributed by atoms with Crippen molar-refractivity contribution < 1.29 is 18.3 Å². The van der Waals surface area contributed by atoms with Crippen LogP contribution in [0.4, 0.5) is 8.78 Å². The normalized spacial score (nSPS) is 12.1. The summed E-state index contributed by atoms with van der Waals surface area (Å²) in [7, 11) is 0. The zero-order valence-corrected chi connectivity index (χ0v) is 22.0. The lowest BCUT2D eigenvalue weighted by Gasteiger charge is -2.12. The van der Waals surface area contributed by atoms with Gasteiger partial charge in [-0.05, 0) is 61.4 Å². The van der Waals surface area contributed by atoms with Crippen molar-refractivity contribution in [3.05, 3.63) is 96.6 Å². The number of hydrogen-bond donors (Lipinski definition) is 0. The monoisotopic (exact) mass is 504 g/mol. The summed E-state index contributed by atoms with van der Waals surface area (Å²) < 4.78 is 41.0. The standard InChI is InChI=1S/C33H38F2O2/c1-4-6-10-24-36-25(3)11-8-7-9-12-29-19-22-31(33(35)32(29)34)28-15-13-26(14-16-28)27-17-20-30(21-18-27)37-23-5-2/h5,9,12-22,25H,2,4,6-8,10-11,23-24H2,1,3H3/b12-9+. The van der Waals surface area contributed by atoms with Gasteiger partial charge in [0.15, 0.2) is 11.6 Å². The molecule has 0 aliphatic heterocycles. The summed E-state index contributed by atoms with van der Waals surface area (Å²) in [6.07, 6.45) is 11.7. The first-order valence-corrected chi connectivity index (χ1v) is 13.2. The molecule has 0 aliphatic rings. The van der Waals surface area contributed by atoms with Crippen LogP contribution >= 0.6 is 0 Å². The minimum Gasteiger partial charge on any atom is -0.490 e. The SMILES string of the molecule is C=CCOc1ccc(-c2ccc(-c3ccc(/C=C/CCCC(C)OCCCCC)c(F)c3F)cc2)cc1. The number of hydrogen-bond acceptors (Lipinski definition) is 2. The third kappa shape index (κ3) is 8.68. The van der Waals surface area contributed by atoms with E-state index in [2.05, 4.69) is 20.4 Å². The Hall–Kier alpha value is -3.24. The van der Waals surface area contributed by atoms with Crippen molar-refractivity contribution in [1.82, 2.24) is 0 Å². The van der Waals surface area contributed by atoms with Crippen LogP contribution in [-0.4, -0.2) is 19.3 Å². The molecule has 4 heteroatoms. The van der Waals surface area contributed by atoms with Crippen LogP contribution in [-0.2, 0) is 4.74 Å². The first-order valence-electron chi connectivity index (χ1n) is 13.2. The van der Waals surface area contributed by atoms with E-state index in [1.165, 1.54) is 12.8 Å². The summed E-state index contributed by atoms with van der Waals surface area (Å²) in [6, 6.07) is 18.5. The van der Waals surface area contributed by atoms with Gasteiger partial charge in [0.1, 0.15) is 12.4 Å². The van der Waals surface area contributed by atoms with Gasteiger partial charge in [-0.3, -0.25) is 0 Å². The predicted molar refractivity (Wildman–Crippen MR) is 151 cm³/mol. The maximum absolute atomic E-state index is 14.9. The van der Waals surface area contributed by atoms with Crippen molar-refractivity contribution in [2.45, 2.75) is 58.5 Å². The minimum atomic E-state index is -0.826. The van der Waals surface area contributed by atoms with Gasteiger partial charge in [-0.25, -0.2) is 8.78 Å². The Kier molecular flexibility index (Phi) is 11.6. The van der Waals surface area contributed by atoms with Gasteiger partial charge in [0.05, 0.1) is 6.10 Å². The van der Waals surface area contributed by atoms with Crippen LogP contribution < -0.4 is 4.74 Å². The quantitative estimate of drug-likeness (QED) is 0.151. The van der Waals surface area contributed by atoms with Crippen LogP contribution in [0.1, 0.15) is 57.9 Å². The Morgan fingerprint density at radius 2 is 1.51 bits per heavy atom. The van der Waals surface area contributed by atoms with Gasteiger partial charge in [-0.2, -0.15) is 0 Å². The number of benzene rings is 3. The van der Waals surface area contributed by atoms with E-state index in [9.17, 15) is 8.78 Å². The lowest BCUT2D eigenvalue weighted by atomic mass is 9.98. The molecule has 0 spiro atoms. The topological polar surface area (TPSA) is 18.5 Å². The van der Waals surface area contributed by atoms with Gasteiger partial charge in [-0.15, -0.1) is 0 Å². The molecule has 0 fully saturated rings. The zero-order valence-electron chi connectivity index (χ0n) is 22.0. The second-order valence-corrected chi connectivity index (χ2v) is 9.25. The fourth-order valence-electron chi connectivity index (χ4n) is 4.11. The fourth-order valence-corrected chi connectivity index (χ4v) is 4.11. The van der Waals surface area contributed by atoms with Crippen molar-refractivity contribution in [3.8, 4) is 28.0 Å². The average Bonchev–Trinajstić information content (AvgIpc) is 2.92. The molecule has 37 heavy (non-hydrogen) atoms. The molecule has 1 atom stereocenters. The van der Waals surface area contributed by atoms with E-state index < -0.39 is 11.6 Å². The van der Waals surface area contributed by atoms with E-state index in [0.717, 1.165) is 49.2 Å². The van der Waals surface area contributed by atoms with Gasteiger partial charge in [0.25, 0.3) is 0 Å². The average molecular weight is 505 g/mol. The number of halogens is 2. The molecule has 3 aromatic rings. The highest BCUT2D eigenvalue weighted by molar-refractivity contribution is 5.72. The lowest BCUT2D eigenvalue weighted by molar-refractivity contribution is 0.0566. The highest BCUT2D eigenvalue weighted by Crippen LogP contribution is 2.30. The third-order valence-electron chi connectivity index (χ3n) is 6.29. The summed E-state index contributed by atoms with van der Waals surface area (Å²) in [5.74, 6) is -0.873. The predicted octanol–water partition coefficient (Wildman–Crippen LogP) is 9.64. The molecule has 1 unspecified atom stereocenters. The van der Waals surface area contributed by atoms with E-state index in [4.69, 9.17) is 9.47 Å². The molecule has 0 heterocycles. The highest BCUT2D eigenvalue weighted by atomic mass is 19.2. The van der Waals surface area contributed by atoms with Gasteiger partial charge in [0.2, 0.25) is 0 Å². The second-order valence-electron chi connectivity index (χ2n) is 9.25. The van der Waals surface area contributed by atoms with Crippen LogP contribution in [0.2, 0.25) is 0 Å². The van der Waals surface area contributed by atoms with Crippen molar-refractivity contribution in [2.75, 3.05) is 13.2 Å². The molecule has 3 rings (SSSR count). The molecular weight excluding hydrogens is 466 g/mol. The highest BCUT2D eigenvalue weighted by Gasteiger charge is 2.13. The van der Waals surface area contributed by atoms with Crippen LogP contribution in [0.3, 0.4) is 0 Å². The summed E-state index contributed by atoms with van der Waals surface area (Å²) >= 11 is 0. The molecule has 0 radical (unpaired) electrons. The second kappa shape index (κ2) is 15.1. The first kappa shape index (κ1) is 28.3. The molecule has 0 saturated carbocycles. The molecule has 196 valence electrons. The summed E-state index contributed by atoms with van der Waals surface area (Å²) in [4.78, 5) is 0. The fraction of sp³-hybridized carbons (Fsp3) is 0.333. The molecule has 0 N–H and O–H groups in total. The number of unbranched alkanes of at least 4 members (excludes halogenated alkanes) is 3. The van der Waals surface area contributed by atoms with Crippen LogP contribution in [0.15, 0.2) is 79.4 Å². The van der Waals surface area contributed by atoms with E-state index in [-0.39, 0.29) is 17.2 Å². The van der Waals surface area contributed by atoms with Crippen molar-refractivity contribution in [1.29, 1.82) is 0 Å². The molecular formula is C33H38F2O2. The number of rotatable bonds is 15. The number of allylic oxidation sites excluding steroid dienone is 1. The summed E-state index contributed by atoms with van der Waals surface area (Å²) in [5.41, 5.74) is 3.15. The molecule has 0 amide bonds. The van der Waals surface area contributed by atoms with Gasteiger partial charge < -0.3 is 9.47 Å². The zero-order chi connectivity index (χ0) is 26.5. The summed E-state index contributed by atoms with van der Waals surface area (Å²) in [6.45, 7) is 9.18. The molecule has 0 saturated heterocycles. The molecule has 0 bridgehead atoms.